The summed E-state index contributed by atoms with van der Waals surface area (Å²) in [6, 6.07) is 0. The largest absolute Gasteiger partial charge is 0.439 e. The molecule has 90 valence electrons. The van der Waals surface area contributed by atoms with E-state index in [0.29, 0.717) is 6.42 Å². The van der Waals surface area contributed by atoms with Crippen LogP contribution in [0.15, 0.2) is 23.3 Å². The van der Waals surface area contributed by atoms with Crippen molar-refractivity contribution in [3.05, 3.63) is 23.3 Å². The molecule has 5 heteroatoms. The van der Waals surface area contributed by atoms with Crippen molar-refractivity contribution in [3.8, 4) is 0 Å². The average Bonchev–Trinajstić information content (AvgIpc) is 2.15. The third-order valence-electron chi connectivity index (χ3n) is 2.49. The molecule has 0 radical (unpaired) electrons. The number of halogens is 1. The van der Waals surface area contributed by atoms with Gasteiger partial charge in [-0.1, -0.05) is 12.2 Å². The zero-order valence-electron chi connectivity index (χ0n) is 9.31. The molecule has 0 saturated carbocycles. The fraction of sp³-hybridized carbons (Fsp3) is 0.545. The van der Waals surface area contributed by atoms with Gasteiger partial charge in [-0.05, 0) is 31.4 Å². The van der Waals surface area contributed by atoms with Gasteiger partial charge in [-0.25, -0.2) is 4.79 Å². The van der Waals surface area contributed by atoms with Gasteiger partial charge in [0.2, 0.25) is 0 Å². The predicted octanol–water partition coefficient (Wildman–Crippen LogP) is 1.71. The zero-order chi connectivity index (χ0) is 12.3. The molecule has 0 saturated heterocycles. The second-order valence-electron chi connectivity index (χ2n) is 3.84. The summed E-state index contributed by atoms with van der Waals surface area (Å²) in [4.78, 5) is 10.8. The maximum atomic E-state index is 10.8. The minimum atomic E-state index is -0.912. The summed E-state index contributed by atoms with van der Waals surface area (Å²) in [5, 5.41) is 9.33. The van der Waals surface area contributed by atoms with E-state index in [1.54, 1.807) is 0 Å². The van der Waals surface area contributed by atoms with Gasteiger partial charge in [0.05, 0.1) is 11.5 Å². The quantitative estimate of drug-likeness (QED) is 0.744. The van der Waals surface area contributed by atoms with Crippen molar-refractivity contribution in [1.29, 1.82) is 0 Å². The highest BCUT2D eigenvalue weighted by Crippen LogP contribution is 2.29. The van der Waals surface area contributed by atoms with Gasteiger partial charge in [0.1, 0.15) is 0 Å². The van der Waals surface area contributed by atoms with Crippen molar-refractivity contribution < 1.29 is 14.6 Å². The fourth-order valence-corrected chi connectivity index (χ4v) is 2.18. The Hall–Kier alpha value is -1.00. The van der Waals surface area contributed by atoms with Crippen LogP contribution in [0.2, 0.25) is 0 Å². The number of amides is 1. The first-order chi connectivity index (χ1) is 7.43. The van der Waals surface area contributed by atoms with Crippen molar-refractivity contribution >= 4 is 17.7 Å². The molecule has 0 fully saturated rings. The highest BCUT2D eigenvalue weighted by atomic mass is 35.5. The molecule has 3 atom stereocenters. The summed E-state index contributed by atoms with van der Waals surface area (Å²) in [7, 11) is 0. The summed E-state index contributed by atoms with van der Waals surface area (Å²) < 4.78 is 4.90. The predicted molar refractivity (Wildman–Crippen MR) is 62.2 cm³/mol. The Morgan fingerprint density at radius 3 is 2.81 bits per heavy atom. The van der Waals surface area contributed by atoms with Crippen LogP contribution in [0, 0.1) is 0 Å². The fourth-order valence-electron chi connectivity index (χ4n) is 1.78. The van der Waals surface area contributed by atoms with E-state index in [1.807, 2.05) is 19.1 Å². The number of aliphatic hydroxyl groups excluding tert-OH is 1. The third kappa shape index (κ3) is 3.00. The van der Waals surface area contributed by atoms with E-state index in [-0.39, 0.29) is 5.38 Å². The first-order valence-electron chi connectivity index (χ1n) is 5.09. The smallest absolute Gasteiger partial charge is 0.405 e. The highest BCUT2D eigenvalue weighted by Gasteiger charge is 2.30. The number of carbonyl (C=O) groups excluding carboxylic acids is 1. The third-order valence-corrected chi connectivity index (χ3v) is 2.90. The number of primary amides is 1. The Balaban J connectivity index is 3.00. The minimum Gasteiger partial charge on any atom is -0.439 e. The summed E-state index contributed by atoms with van der Waals surface area (Å²) in [5.41, 5.74) is 6.59. The summed E-state index contributed by atoms with van der Waals surface area (Å²) in [5.74, 6) is 0. The number of hydrogen-bond acceptors (Lipinski definition) is 3. The Morgan fingerprint density at radius 1 is 1.75 bits per heavy atom. The molecule has 1 aliphatic carbocycles. The number of aliphatic hydroxyl groups is 1. The van der Waals surface area contributed by atoms with Crippen molar-refractivity contribution in [1.82, 2.24) is 0 Å². The lowest BCUT2D eigenvalue weighted by atomic mass is 9.91. The SMILES string of the molecule is CC1=C(C(OC(N)=O)C(C)O)C(Cl)CC=C1. The first-order valence-corrected chi connectivity index (χ1v) is 5.52. The number of rotatable bonds is 3. The van der Waals surface area contributed by atoms with Crippen LogP contribution in [0.1, 0.15) is 20.3 Å². The van der Waals surface area contributed by atoms with E-state index in [9.17, 15) is 9.90 Å². The number of nitrogens with two attached hydrogens (primary N) is 1. The van der Waals surface area contributed by atoms with Crippen LogP contribution in [-0.4, -0.2) is 28.8 Å². The number of allylic oxidation sites excluding steroid dienone is 3. The maximum absolute atomic E-state index is 10.8. The molecule has 0 spiro atoms. The molecule has 3 N–H and O–H groups in total. The van der Waals surface area contributed by atoms with Crippen LogP contribution in [0.3, 0.4) is 0 Å². The van der Waals surface area contributed by atoms with Gasteiger partial charge in [0.25, 0.3) is 0 Å². The highest BCUT2D eigenvalue weighted by molar-refractivity contribution is 6.22. The number of hydrogen-bond donors (Lipinski definition) is 2. The van der Waals surface area contributed by atoms with Gasteiger partial charge >= 0.3 is 6.09 Å². The van der Waals surface area contributed by atoms with Crippen LogP contribution in [0.5, 0.6) is 0 Å². The Bertz CT molecular complexity index is 336. The second-order valence-corrected chi connectivity index (χ2v) is 4.37. The molecule has 0 heterocycles. The minimum absolute atomic E-state index is 0.274. The van der Waals surface area contributed by atoms with Gasteiger partial charge in [-0.2, -0.15) is 0 Å². The lowest BCUT2D eigenvalue weighted by Crippen LogP contribution is -2.37. The topological polar surface area (TPSA) is 72.5 Å². The van der Waals surface area contributed by atoms with E-state index in [1.165, 1.54) is 6.92 Å². The zero-order valence-corrected chi connectivity index (χ0v) is 10.1. The molecule has 4 nitrogen and oxygen atoms in total. The number of alkyl halides is 1. The molecular formula is C11H16ClNO3. The molecule has 0 bridgehead atoms. The van der Waals surface area contributed by atoms with E-state index < -0.39 is 18.3 Å². The van der Waals surface area contributed by atoms with Crippen molar-refractivity contribution in [3.63, 3.8) is 0 Å². The van der Waals surface area contributed by atoms with Gasteiger partial charge in [0, 0.05) is 0 Å². The maximum Gasteiger partial charge on any atom is 0.405 e. The number of carbonyl (C=O) groups is 1. The van der Waals surface area contributed by atoms with Gasteiger partial charge in [-0.15, -0.1) is 11.6 Å². The van der Waals surface area contributed by atoms with Crippen LogP contribution in [-0.2, 0) is 4.74 Å². The lowest BCUT2D eigenvalue weighted by Gasteiger charge is -2.28. The van der Waals surface area contributed by atoms with E-state index in [2.05, 4.69) is 0 Å². The van der Waals surface area contributed by atoms with Gasteiger partial charge in [-0.3, -0.25) is 0 Å². The Labute approximate surface area is 99.7 Å². The van der Waals surface area contributed by atoms with Gasteiger partial charge in [0.15, 0.2) is 6.10 Å². The molecule has 0 aromatic heterocycles. The van der Waals surface area contributed by atoms with Crippen LogP contribution in [0.4, 0.5) is 4.79 Å². The average molecular weight is 246 g/mol. The molecular weight excluding hydrogens is 230 g/mol. The summed E-state index contributed by atoms with van der Waals surface area (Å²) >= 11 is 6.15. The van der Waals surface area contributed by atoms with Gasteiger partial charge < -0.3 is 15.6 Å². The monoisotopic (exact) mass is 245 g/mol. The molecule has 1 rings (SSSR count). The molecule has 0 aromatic carbocycles. The lowest BCUT2D eigenvalue weighted by molar-refractivity contribution is 0.0341. The molecule has 0 aliphatic heterocycles. The van der Waals surface area contributed by atoms with E-state index >= 15 is 0 Å². The van der Waals surface area contributed by atoms with E-state index in [0.717, 1.165) is 11.1 Å². The Morgan fingerprint density at radius 2 is 2.38 bits per heavy atom. The van der Waals surface area contributed by atoms with Crippen LogP contribution >= 0.6 is 11.6 Å². The van der Waals surface area contributed by atoms with Crippen LogP contribution in [0.25, 0.3) is 0 Å². The molecule has 0 aromatic rings. The van der Waals surface area contributed by atoms with Crippen molar-refractivity contribution in [2.24, 2.45) is 5.73 Å². The first kappa shape index (κ1) is 13.1. The van der Waals surface area contributed by atoms with Crippen molar-refractivity contribution in [2.75, 3.05) is 0 Å². The molecule has 1 amide bonds. The van der Waals surface area contributed by atoms with Crippen molar-refractivity contribution in [2.45, 2.75) is 37.9 Å². The summed E-state index contributed by atoms with van der Waals surface area (Å²) in [6.07, 6.45) is 1.97. The standard InChI is InChI=1S/C11H16ClNO3/c1-6-4-3-5-8(12)9(6)10(7(2)14)16-11(13)15/h3-4,7-8,10,14H,5H2,1-2H3,(H2,13,15). The second kappa shape index (κ2) is 5.37. The molecule has 16 heavy (non-hydrogen) atoms. The van der Waals surface area contributed by atoms with Crippen LogP contribution < -0.4 is 5.73 Å². The number of ether oxygens (including phenoxy) is 1. The van der Waals surface area contributed by atoms with E-state index in [4.69, 9.17) is 22.1 Å². The normalized spacial score (nSPS) is 24.1. The molecule has 3 unspecified atom stereocenters. The summed E-state index contributed by atoms with van der Waals surface area (Å²) in [6.45, 7) is 3.40. The Kier molecular flexibility index (Phi) is 4.38. The molecule has 1 aliphatic rings.